The second-order valence-corrected chi connectivity index (χ2v) is 6.28. The maximum Gasteiger partial charge on any atom is 0.119 e. The molecule has 0 aliphatic carbocycles. The SMILES string of the molecule is Cc1cccc(OCC(O)CN(C)CCOc2ccc(Cl)cc2)c1. The van der Waals surface area contributed by atoms with E-state index in [1.54, 1.807) is 12.1 Å². The van der Waals surface area contributed by atoms with Crippen molar-refractivity contribution in [2.45, 2.75) is 13.0 Å². The summed E-state index contributed by atoms with van der Waals surface area (Å²) in [6.07, 6.45) is -0.550. The van der Waals surface area contributed by atoms with Gasteiger partial charge in [-0.25, -0.2) is 0 Å². The lowest BCUT2D eigenvalue weighted by molar-refractivity contribution is 0.0723. The zero-order chi connectivity index (χ0) is 17.4. The molecule has 0 fully saturated rings. The number of likely N-dealkylation sites (N-methyl/N-ethyl adjacent to an activating group) is 1. The highest BCUT2D eigenvalue weighted by Crippen LogP contribution is 2.15. The number of aryl methyl sites for hydroxylation is 1. The van der Waals surface area contributed by atoms with Crippen LogP contribution in [0.25, 0.3) is 0 Å². The molecular weight excluding hydrogens is 326 g/mol. The first kappa shape index (κ1) is 18.6. The molecule has 0 aromatic heterocycles. The number of hydrogen-bond donors (Lipinski definition) is 1. The highest BCUT2D eigenvalue weighted by Gasteiger charge is 2.09. The first-order chi connectivity index (χ1) is 11.5. The number of halogens is 1. The van der Waals surface area contributed by atoms with Crippen LogP contribution in [0.3, 0.4) is 0 Å². The molecule has 24 heavy (non-hydrogen) atoms. The van der Waals surface area contributed by atoms with E-state index in [4.69, 9.17) is 21.1 Å². The van der Waals surface area contributed by atoms with Crippen LogP contribution in [0, 0.1) is 6.92 Å². The molecule has 0 heterocycles. The van der Waals surface area contributed by atoms with Crippen molar-refractivity contribution in [3.8, 4) is 11.5 Å². The zero-order valence-electron chi connectivity index (χ0n) is 14.1. The fraction of sp³-hybridized carbons (Fsp3) is 0.368. The number of hydrogen-bond acceptors (Lipinski definition) is 4. The molecule has 1 N–H and O–H groups in total. The largest absolute Gasteiger partial charge is 0.492 e. The van der Waals surface area contributed by atoms with Crippen molar-refractivity contribution in [3.63, 3.8) is 0 Å². The van der Waals surface area contributed by atoms with Crippen molar-refractivity contribution in [2.75, 3.05) is 33.4 Å². The minimum Gasteiger partial charge on any atom is -0.492 e. The van der Waals surface area contributed by atoms with Gasteiger partial charge in [-0.05, 0) is 55.9 Å². The van der Waals surface area contributed by atoms with Gasteiger partial charge in [0.2, 0.25) is 0 Å². The predicted molar refractivity (Wildman–Crippen MR) is 97.1 cm³/mol. The van der Waals surface area contributed by atoms with Crippen LogP contribution in [0.5, 0.6) is 11.5 Å². The smallest absolute Gasteiger partial charge is 0.119 e. The van der Waals surface area contributed by atoms with E-state index in [2.05, 4.69) is 0 Å². The van der Waals surface area contributed by atoms with Crippen LogP contribution in [-0.4, -0.2) is 49.5 Å². The van der Waals surface area contributed by atoms with E-state index in [1.807, 2.05) is 55.3 Å². The highest BCUT2D eigenvalue weighted by molar-refractivity contribution is 6.30. The molecule has 2 aromatic carbocycles. The van der Waals surface area contributed by atoms with Gasteiger partial charge in [-0.2, -0.15) is 0 Å². The fourth-order valence-corrected chi connectivity index (χ4v) is 2.38. The lowest BCUT2D eigenvalue weighted by Crippen LogP contribution is -2.35. The van der Waals surface area contributed by atoms with Crippen LogP contribution < -0.4 is 9.47 Å². The minimum atomic E-state index is -0.550. The van der Waals surface area contributed by atoms with E-state index in [1.165, 1.54) is 0 Å². The monoisotopic (exact) mass is 349 g/mol. The summed E-state index contributed by atoms with van der Waals surface area (Å²) < 4.78 is 11.3. The predicted octanol–water partition coefficient (Wildman–Crippen LogP) is 3.40. The Bertz CT molecular complexity index is 618. The summed E-state index contributed by atoms with van der Waals surface area (Å²) in [5.41, 5.74) is 1.14. The molecule has 0 aliphatic rings. The second-order valence-electron chi connectivity index (χ2n) is 5.85. The molecule has 130 valence electrons. The van der Waals surface area contributed by atoms with Crippen molar-refractivity contribution < 1.29 is 14.6 Å². The third-order valence-electron chi connectivity index (χ3n) is 3.51. The molecule has 1 unspecified atom stereocenters. The Morgan fingerprint density at radius 1 is 1.08 bits per heavy atom. The number of ether oxygens (including phenoxy) is 2. The Morgan fingerprint density at radius 3 is 2.54 bits per heavy atom. The van der Waals surface area contributed by atoms with Gasteiger partial charge in [0.25, 0.3) is 0 Å². The summed E-state index contributed by atoms with van der Waals surface area (Å²) in [7, 11) is 1.95. The van der Waals surface area contributed by atoms with Gasteiger partial charge in [-0.1, -0.05) is 23.7 Å². The number of aliphatic hydroxyl groups excluding tert-OH is 1. The molecule has 2 rings (SSSR count). The molecule has 0 amide bonds. The van der Waals surface area contributed by atoms with Crippen LogP contribution in [-0.2, 0) is 0 Å². The van der Waals surface area contributed by atoms with E-state index in [9.17, 15) is 5.11 Å². The topological polar surface area (TPSA) is 41.9 Å². The summed E-state index contributed by atoms with van der Waals surface area (Å²) in [5, 5.41) is 10.8. The summed E-state index contributed by atoms with van der Waals surface area (Å²) >= 11 is 5.83. The van der Waals surface area contributed by atoms with Gasteiger partial charge in [-0.15, -0.1) is 0 Å². The number of nitrogens with zero attached hydrogens (tertiary/aromatic N) is 1. The van der Waals surface area contributed by atoms with E-state index in [0.717, 1.165) is 17.1 Å². The quantitative estimate of drug-likeness (QED) is 0.753. The van der Waals surface area contributed by atoms with E-state index in [0.29, 0.717) is 24.7 Å². The van der Waals surface area contributed by atoms with E-state index >= 15 is 0 Å². The lowest BCUT2D eigenvalue weighted by atomic mass is 10.2. The van der Waals surface area contributed by atoms with Crippen molar-refractivity contribution in [2.24, 2.45) is 0 Å². The van der Waals surface area contributed by atoms with Crippen molar-refractivity contribution in [3.05, 3.63) is 59.1 Å². The molecule has 0 aliphatic heterocycles. The average molecular weight is 350 g/mol. The summed E-state index contributed by atoms with van der Waals surface area (Å²) in [6, 6.07) is 15.1. The number of rotatable bonds is 9. The third kappa shape index (κ3) is 6.79. The Balaban J connectivity index is 1.64. The van der Waals surface area contributed by atoms with Gasteiger partial charge >= 0.3 is 0 Å². The van der Waals surface area contributed by atoms with Crippen molar-refractivity contribution >= 4 is 11.6 Å². The maximum atomic E-state index is 10.1. The van der Waals surface area contributed by atoms with Crippen LogP contribution in [0.1, 0.15) is 5.56 Å². The highest BCUT2D eigenvalue weighted by atomic mass is 35.5. The first-order valence-corrected chi connectivity index (χ1v) is 8.35. The van der Waals surface area contributed by atoms with Gasteiger partial charge in [0, 0.05) is 18.1 Å². The molecule has 0 saturated heterocycles. The Hall–Kier alpha value is -1.75. The van der Waals surface area contributed by atoms with Gasteiger partial charge in [0.1, 0.15) is 30.8 Å². The standard InChI is InChI=1S/C19H24ClNO3/c1-15-4-3-5-19(12-15)24-14-17(22)13-21(2)10-11-23-18-8-6-16(20)7-9-18/h3-9,12,17,22H,10-11,13-14H2,1-2H3. The minimum absolute atomic E-state index is 0.270. The zero-order valence-corrected chi connectivity index (χ0v) is 14.9. The molecule has 0 saturated carbocycles. The lowest BCUT2D eigenvalue weighted by Gasteiger charge is -2.21. The van der Waals surface area contributed by atoms with Gasteiger partial charge < -0.3 is 19.5 Å². The second kappa shape index (κ2) is 9.52. The molecule has 4 nitrogen and oxygen atoms in total. The molecule has 1 atom stereocenters. The molecule has 0 spiro atoms. The molecule has 0 bridgehead atoms. The normalized spacial score (nSPS) is 12.2. The molecular formula is C19H24ClNO3. The van der Waals surface area contributed by atoms with Gasteiger partial charge in [0.05, 0.1) is 0 Å². The Kier molecular flexibility index (Phi) is 7.37. The van der Waals surface area contributed by atoms with Crippen LogP contribution >= 0.6 is 11.6 Å². The molecule has 2 aromatic rings. The Morgan fingerprint density at radius 2 is 1.83 bits per heavy atom. The van der Waals surface area contributed by atoms with Crippen LogP contribution in [0.15, 0.2) is 48.5 Å². The summed E-state index contributed by atoms with van der Waals surface area (Å²) in [6.45, 7) is 4.06. The summed E-state index contributed by atoms with van der Waals surface area (Å²) in [4.78, 5) is 2.01. The fourth-order valence-electron chi connectivity index (χ4n) is 2.25. The van der Waals surface area contributed by atoms with Gasteiger partial charge in [-0.3, -0.25) is 0 Å². The number of aliphatic hydroxyl groups is 1. The Labute approximate surface area is 148 Å². The van der Waals surface area contributed by atoms with Crippen LogP contribution in [0.2, 0.25) is 5.02 Å². The van der Waals surface area contributed by atoms with Gasteiger partial charge in [0.15, 0.2) is 0 Å². The first-order valence-electron chi connectivity index (χ1n) is 7.97. The van der Waals surface area contributed by atoms with E-state index < -0.39 is 6.10 Å². The van der Waals surface area contributed by atoms with Crippen molar-refractivity contribution in [1.82, 2.24) is 4.90 Å². The maximum absolute atomic E-state index is 10.1. The average Bonchev–Trinajstić information content (AvgIpc) is 2.55. The molecule has 5 heteroatoms. The van der Waals surface area contributed by atoms with Crippen LogP contribution in [0.4, 0.5) is 0 Å². The number of benzene rings is 2. The van der Waals surface area contributed by atoms with E-state index in [-0.39, 0.29) is 6.61 Å². The summed E-state index contributed by atoms with van der Waals surface area (Å²) in [5.74, 6) is 1.57. The molecule has 0 radical (unpaired) electrons. The third-order valence-corrected chi connectivity index (χ3v) is 3.76. The van der Waals surface area contributed by atoms with Crippen molar-refractivity contribution in [1.29, 1.82) is 0 Å².